The highest BCUT2D eigenvalue weighted by Gasteiger charge is 2.14. The van der Waals surface area contributed by atoms with Crippen molar-refractivity contribution in [1.82, 2.24) is 9.97 Å². The van der Waals surface area contributed by atoms with Crippen LogP contribution in [0.2, 0.25) is 5.02 Å². The van der Waals surface area contributed by atoms with Crippen molar-refractivity contribution < 1.29 is 28.5 Å². The molecule has 0 fully saturated rings. The molecule has 0 aliphatic heterocycles. The van der Waals surface area contributed by atoms with E-state index in [-0.39, 0.29) is 17.4 Å². The lowest BCUT2D eigenvalue weighted by Crippen LogP contribution is -2.19. The minimum absolute atomic E-state index is 0.0357. The first-order valence-electron chi connectivity index (χ1n) is 11.1. The van der Waals surface area contributed by atoms with Gasteiger partial charge in [0.2, 0.25) is 0 Å². The van der Waals surface area contributed by atoms with Crippen LogP contribution in [0.4, 0.5) is 15.6 Å². The third-order valence-electron chi connectivity index (χ3n) is 5.03. The van der Waals surface area contributed by atoms with Crippen LogP contribution < -0.4 is 24.8 Å². The van der Waals surface area contributed by atoms with E-state index in [0.29, 0.717) is 51.6 Å². The van der Waals surface area contributed by atoms with Crippen molar-refractivity contribution in [2.75, 3.05) is 31.5 Å². The van der Waals surface area contributed by atoms with Crippen LogP contribution in [0.25, 0.3) is 10.9 Å². The molecule has 2 N–H and O–H groups in total. The lowest BCUT2D eigenvalue weighted by Gasteiger charge is -2.13. The summed E-state index contributed by atoms with van der Waals surface area (Å²) in [6.07, 6.45) is 1.66. The van der Waals surface area contributed by atoms with Gasteiger partial charge in [0.25, 0.3) is 0 Å². The van der Waals surface area contributed by atoms with E-state index in [0.717, 1.165) is 5.39 Å². The first kappa shape index (κ1) is 26.0. The molecular formula is C25H23ClN4O6S. The van der Waals surface area contributed by atoms with Crippen LogP contribution in [0.15, 0.2) is 48.0 Å². The highest BCUT2D eigenvalue weighted by molar-refractivity contribution is 7.14. The maximum Gasteiger partial charge on any atom is 0.325 e. The van der Waals surface area contributed by atoms with Gasteiger partial charge < -0.3 is 24.3 Å². The van der Waals surface area contributed by atoms with Crippen LogP contribution >= 0.6 is 22.9 Å². The zero-order valence-electron chi connectivity index (χ0n) is 20.2. The number of anilines is 2. The van der Waals surface area contributed by atoms with E-state index in [4.69, 9.17) is 30.5 Å². The summed E-state index contributed by atoms with van der Waals surface area (Å²) >= 11 is 7.60. The Morgan fingerprint density at radius 2 is 1.81 bits per heavy atom. The molecule has 2 aromatic heterocycles. The number of esters is 1. The standard InChI is InChI=1S/C25H23ClN4O6S/c1-4-35-23(31)9-14-13-37-25(28-14)30-24(32)29-18-6-5-15(10-17(18)26)36-20-7-8-27-19-12-22(34-3)21(33-2)11-16(19)20/h5-8,10-13H,4,9H2,1-3H3,(H2,28,29,30,32). The summed E-state index contributed by atoms with van der Waals surface area (Å²) in [5.74, 6) is 1.73. The number of thiazole rings is 1. The molecule has 0 saturated carbocycles. The summed E-state index contributed by atoms with van der Waals surface area (Å²) in [7, 11) is 3.11. The number of hydrogen-bond donors (Lipinski definition) is 2. The molecule has 2 aromatic carbocycles. The minimum Gasteiger partial charge on any atom is -0.493 e. The Labute approximate surface area is 221 Å². The van der Waals surface area contributed by atoms with Crippen LogP contribution in [0.3, 0.4) is 0 Å². The molecule has 4 aromatic rings. The van der Waals surface area contributed by atoms with Crippen molar-refractivity contribution in [3.63, 3.8) is 0 Å². The van der Waals surface area contributed by atoms with E-state index in [2.05, 4.69) is 20.6 Å². The second-order valence-electron chi connectivity index (χ2n) is 7.48. The number of rotatable bonds is 9. The first-order chi connectivity index (χ1) is 17.9. The van der Waals surface area contributed by atoms with Gasteiger partial charge in [0.15, 0.2) is 16.6 Å². The molecule has 12 heteroatoms. The van der Waals surface area contributed by atoms with Gasteiger partial charge in [-0.1, -0.05) is 11.6 Å². The molecule has 0 radical (unpaired) electrons. The number of pyridine rings is 1. The largest absolute Gasteiger partial charge is 0.493 e. The maximum absolute atomic E-state index is 12.4. The van der Waals surface area contributed by atoms with Gasteiger partial charge in [0.05, 0.1) is 49.2 Å². The summed E-state index contributed by atoms with van der Waals surface area (Å²) in [5, 5.41) is 8.31. The fourth-order valence-electron chi connectivity index (χ4n) is 3.38. The number of urea groups is 1. The molecular weight excluding hydrogens is 520 g/mol. The van der Waals surface area contributed by atoms with Crippen molar-refractivity contribution in [2.45, 2.75) is 13.3 Å². The minimum atomic E-state index is -0.534. The number of halogens is 1. The first-order valence-corrected chi connectivity index (χ1v) is 12.3. The van der Waals surface area contributed by atoms with Crippen LogP contribution in [0, 0.1) is 0 Å². The predicted molar refractivity (Wildman–Crippen MR) is 141 cm³/mol. The third-order valence-corrected chi connectivity index (χ3v) is 6.15. The number of ether oxygens (including phenoxy) is 4. The molecule has 4 rings (SSSR count). The third kappa shape index (κ3) is 6.38. The fraction of sp³-hybridized carbons (Fsp3) is 0.200. The van der Waals surface area contributed by atoms with Gasteiger partial charge >= 0.3 is 12.0 Å². The van der Waals surface area contributed by atoms with Gasteiger partial charge in [-0.05, 0) is 31.2 Å². The van der Waals surface area contributed by atoms with Crippen molar-refractivity contribution >= 4 is 56.7 Å². The summed E-state index contributed by atoms with van der Waals surface area (Å²) in [6.45, 7) is 2.03. The topological polar surface area (TPSA) is 121 Å². The van der Waals surface area contributed by atoms with E-state index < -0.39 is 6.03 Å². The number of fused-ring (bicyclic) bond motifs is 1. The number of hydrogen-bond acceptors (Lipinski definition) is 9. The molecule has 0 atom stereocenters. The lowest BCUT2D eigenvalue weighted by molar-refractivity contribution is -0.142. The number of benzene rings is 2. The number of carbonyl (C=O) groups excluding carboxylic acids is 2. The Balaban J connectivity index is 1.43. The molecule has 0 aliphatic carbocycles. The van der Waals surface area contributed by atoms with Gasteiger partial charge in [-0.3, -0.25) is 15.1 Å². The number of aromatic nitrogens is 2. The Hall–Kier alpha value is -4.09. The number of carbonyl (C=O) groups is 2. The summed E-state index contributed by atoms with van der Waals surface area (Å²) < 4.78 is 21.7. The summed E-state index contributed by atoms with van der Waals surface area (Å²) in [4.78, 5) is 32.6. The number of amides is 2. The second-order valence-corrected chi connectivity index (χ2v) is 8.75. The van der Waals surface area contributed by atoms with E-state index in [1.54, 1.807) is 69.1 Å². The summed E-state index contributed by atoms with van der Waals surface area (Å²) in [6, 6.07) is 9.63. The molecule has 37 heavy (non-hydrogen) atoms. The maximum atomic E-state index is 12.4. The molecule has 0 spiro atoms. The van der Waals surface area contributed by atoms with E-state index in [9.17, 15) is 9.59 Å². The molecule has 192 valence electrons. The Kier molecular flexibility index (Phi) is 8.26. The Morgan fingerprint density at radius 3 is 2.54 bits per heavy atom. The SMILES string of the molecule is CCOC(=O)Cc1csc(NC(=O)Nc2ccc(Oc3ccnc4cc(OC)c(OC)cc34)cc2Cl)n1. The fourth-order valence-corrected chi connectivity index (χ4v) is 4.30. The smallest absolute Gasteiger partial charge is 0.325 e. The average molecular weight is 543 g/mol. The van der Waals surface area contributed by atoms with Crippen LogP contribution in [0.1, 0.15) is 12.6 Å². The van der Waals surface area contributed by atoms with Crippen LogP contribution in [-0.4, -0.2) is 42.8 Å². The molecule has 0 unspecified atom stereocenters. The average Bonchev–Trinajstić information content (AvgIpc) is 3.31. The van der Waals surface area contributed by atoms with Crippen molar-refractivity contribution in [1.29, 1.82) is 0 Å². The van der Waals surface area contributed by atoms with E-state index >= 15 is 0 Å². The van der Waals surface area contributed by atoms with Gasteiger partial charge in [0.1, 0.15) is 11.5 Å². The molecule has 2 amide bonds. The van der Waals surface area contributed by atoms with Crippen molar-refractivity contribution in [3.8, 4) is 23.0 Å². The Bertz CT molecular complexity index is 1440. The van der Waals surface area contributed by atoms with Crippen LogP contribution in [0.5, 0.6) is 23.0 Å². The number of nitrogens with zero attached hydrogens (tertiary/aromatic N) is 2. The number of nitrogens with one attached hydrogen (secondary N) is 2. The normalized spacial score (nSPS) is 10.6. The van der Waals surface area contributed by atoms with E-state index in [1.165, 1.54) is 11.3 Å². The number of methoxy groups -OCH3 is 2. The van der Waals surface area contributed by atoms with E-state index in [1.807, 2.05) is 0 Å². The van der Waals surface area contributed by atoms with Gasteiger partial charge in [0, 0.05) is 29.1 Å². The lowest BCUT2D eigenvalue weighted by atomic mass is 10.2. The molecule has 2 heterocycles. The highest BCUT2D eigenvalue weighted by atomic mass is 35.5. The van der Waals surface area contributed by atoms with Gasteiger partial charge in [-0.2, -0.15) is 0 Å². The quantitative estimate of drug-likeness (QED) is 0.251. The van der Waals surface area contributed by atoms with Gasteiger partial charge in [-0.25, -0.2) is 9.78 Å². The van der Waals surface area contributed by atoms with Crippen molar-refractivity contribution in [3.05, 3.63) is 58.7 Å². The zero-order chi connectivity index (χ0) is 26.4. The monoisotopic (exact) mass is 542 g/mol. The summed E-state index contributed by atoms with van der Waals surface area (Å²) in [5.41, 5.74) is 1.56. The molecule has 0 saturated heterocycles. The molecule has 0 aliphatic rings. The molecule has 10 nitrogen and oxygen atoms in total. The predicted octanol–water partition coefficient (Wildman–Crippen LogP) is 5.90. The van der Waals surface area contributed by atoms with Crippen molar-refractivity contribution in [2.24, 2.45) is 0 Å². The Morgan fingerprint density at radius 1 is 1.03 bits per heavy atom. The molecule has 0 bridgehead atoms. The zero-order valence-corrected chi connectivity index (χ0v) is 21.7. The second kappa shape index (κ2) is 11.8. The van der Waals surface area contributed by atoms with Crippen LogP contribution in [-0.2, 0) is 16.0 Å². The van der Waals surface area contributed by atoms with Gasteiger partial charge in [-0.15, -0.1) is 11.3 Å². The highest BCUT2D eigenvalue weighted by Crippen LogP contribution is 2.38.